The minimum Gasteiger partial charge on any atom is -0.480 e. The summed E-state index contributed by atoms with van der Waals surface area (Å²) in [5, 5.41) is 12.3. The summed E-state index contributed by atoms with van der Waals surface area (Å²) in [5.41, 5.74) is 0.573. The monoisotopic (exact) mass is 262 g/mol. The highest BCUT2D eigenvalue weighted by Gasteiger charge is 2.29. The second-order valence-corrected chi connectivity index (χ2v) is 5.75. The lowest BCUT2D eigenvalue weighted by molar-refractivity contribution is -0.140. The third-order valence-electron chi connectivity index (χ3n) is 2.34. The SMILES string of the molecule is Cc1cc(CS(=O)(=O)N(C)C(C)C(=O)O)on1. The number of aromatic nitrogens is 1. The van der Waals surface area contributed by atoms with Crippen molar-refractivity contribution in [2.24, 2.45) is 0 Å². The number of hydrogen-bond acceptors (Lipinski definition) is 5. The molecule has 0 fully saturated rings. The first-order valence-electron chi connectivity index (χ1n) is 4.84. The number of carbonyl (C=O) groups is 1. The van der Waals surface area contributed by atoms with Gasteiger partial charge >= 0.3 is 5.97 Å². The average Bonchev–Trinajstić information content (AvgIpc) is 2.60. The highest BCUT2D eigenvalue weighted by atomic mass is 32.2. The van der Waals surface area contributed by atoms with Crippen LogP contribution in [0, 0.1) is 6.92 Å². The molecule has 0 saturated carbocycles. The van der Waals surface area contributed by atoms with Gasteiger partial charge in [0.05, 0.1) is 5.69 Å². The molecule has 0 bridgehead atoms. The van der Waals surface area contributed by atoms with Gasteiger partial charge in [0.1, 0.15) is 11.8 Å². The van der Waals surface area contributed by atoms with Crippen LogP contribution >= 0.6 is 0 Å². The highest BCUT2D eigenvalue weighted by Crippen LogP contribution is 2.13. The predicted molar refractivity (Wildman–Crippen MR) is 58.7 cm³/mol. The zero-order valence-corrected chi connectivity index (χ0v) is 10.6. The van der Waals surface area contributed by atoms with E-state index in [9.17, 15) is 13.2 Å². The molecule has 1 heterocycles. The van der Waals surface area contributed by atoms with Crippen molar-refractivity contribution in [2.75, 3.05) is 7.05 Å². The number of aryl methyl sites for hydroxylation is 1. The van der Waals surface area contributed by atoms with Gasteiger partial charge in [-0.05, 0) is 13.8 Å². The van der Waals surface area contributed by atoms with Crippen molar-refractivity contribution in [1.29, 1.82) is 0 Å². The fraction of sp³-hybridized carbons (Fsp3) is 0.556. The Balaban J connectivity index is 2.85. The molecule has 0 radical (unpaired) electrons. The lowest BCUT2D eigenvalue weighted by Gasteiger charge is -2.20. The maximum atomic E-state index is 11.8. The molecule has 1 N–H and O–H groups in total. The van der Waals surface area contributed by atoms with Crippen LogP contribution in [0.1, 0.15) is 18.4 Å². The van der Waals surface area contributed by atoms with Crippen LogP contribution in [0.4, 0.5) is 0 Å². The summed E-state index contributed by atoms with van der Waals surface area (Å²) < 4.78 is 29.2. The fourth-order valence-corrected chi connectivity index (χ4v) is 2.43. The third kappa shape index (κ3) is 3.27. The molecule has 7 nitrogen and oxygen atoms in total. The number of hydrogen-bond donors (Lipinski definition) is 1. The van der Waals surface area contributed by atoms with E-state index in [1.165, 1.54) is 20.0 Å². The molecular weight excluding hydrogens is 248 g/mol. The van der Waals surface area contributed by atoms with Gasteiger partial charge in [0.2, 0.25) is 10.0 Å². The van der Waals surface area contributed by atoms with Crippen LogP contribution in [0.15, 0.2) is 10.6 Å². The minimum absolute atomic E-state index is 0.187. The highest BCUT2D eigenvalue weighted by molar-refractivity contribution is 7.88. The molecule has 1 rings (SSSR count). The Kier molecular flexibility index (Phi) is 3.89. The second kappa shape index (κ2) is 4.84. The van der Waals surface area contributed by atoms with Crippen molar-refractivity contribution in [3.8, 4) is 0 Å². The molecule has 1 aromatic heterocycles. The number of sulfonamides is 1. The fourth-order valence-electron chi connectivity index (χ4n) is 1.16. The van der Waals surface area contributed by atoms with E-state index < -0.39 is 27.8 Å². The Morgan fingerprint density at radius 2 is 2.24 bits per heavy atom. The number of rotatable bonds is 5. The minimum atomic E-state index is -3.73. The Hall–Kier alpha value is -1.41. The first-order valence-corrected chi connectivity index (χ1v) is 6.45. The van der Waals surface area contributed by atoms with Crippen molar-refractivity contribution in [2.45, 2.75) is 25.6 Å². The smallest absolute Gasteiger partial charge is 0.321 e. The van der Waals surface area contributed by atoms with Crippen LogP contribution in [0.2, 0.25) is 0 Å². The topological polar surface area (TPSA) is 101 Å². The first kappa shape index (κ1) is 13.7. The molecule has 1 atom stereocenters. The molecule has 96 valence electrons. The van der Waals surface area contributed by atoms with Gasteiger partial charge in [-0.1, -0.05) is 5.16 Å². The quantitative estimate of drug-likeness (QED) is 0.814. The van der Waals surface area contributed by atoms with E-state index >= 15 is 0 Å². The number of likely N-dealkylation sites (N-methyl/N-ethyl adjacent to an activating group) is 1. The van der Waals surface area contributed by atoms with Crippen molar-refractivity contribution < 1.29 is 22.8 Å². The lowest BCUT2D eigenvalue weighted by Crippen LogP contribution is -2.40. The van der Waals surface area contributed by atoms with Gasteiger partial charge in [0.15, 0.2) is 5.76 Å². The lowest BCUT2D eigenvalue weighted by atomic mass is 10.4. The van der Waals surface area contributed by atoms with Crippen LogP contribution in [0.3, 0.4) is 0 Å². The van der Waals surface area contributed by atoms with Gasteiger partial charge in [-0.25, -0.2) is 8.42 Å². The van der Waals surface area contributed by atoms with Gasteiger partial charge in [-0.15, -0.1) is 0 Å². The molecule has 17 heavy (non-hydrogen) atoms. The molecule has 0 saturated heterocycles. The van der Waals surface area contributed by atoms with E-state index in [2.05, 4.69) is 5.16 Å². The standard InChI is InChI=1S/C9H14N2O5S/c1-6-4-8(16-10-6)5-17(14,15)11(3)7(2)9(12)13/h4,7H,5H2,1-3H3,(H,12,13). The molecule has 0 aliphatic rings. The van der Waals surface area contributed by atoms with Crippen molar-refractivity contribution >= 4 is 16.0 Å². The van der Waals surface area contributed by atoms with Crippen molar-refractivity contribution in [3.05, 3.63) is 17.5 Å². The van der Waals surface area contributed by atoms with Crippen LogP contribution in [0.25, 0.3) is 0 Å². The average molecular weight is 262 g/mol. The van der Waals surface area contributed by atoms with Crippen LogP contribution in [0.5, 0.6) is 0 Å². The Morgan fingerprint density at radius 1 is 1.65 bits per heavy atom. The maximum Gasteiger partial charge on any atom is 0.321 e. The molecule has 0 aromatic carbocycles. The Morgan fingerprint density at radius 3 is 2.65 bits per heavy atom. The molecular formula is C9H14N2O5S. The van der Waals surface area contributed by atoms with E-state index in [1.807, 2.05) is 0 Å². The van der Waals surface area contributed by atoms with Crippen LogP contribution < -0.4 is 0 Å². The summed E-state index contributed by atoms with van der Waals surface area (Å²) in [6, 6.07) is 0.376. The molecule has 0 aliphatic carbocycles. The second-order valence-electron chi connectivity index (χ2n) is 3.72. The van der Waals surface area contributed by atoms with Crippen LogP contribution in [-0.4, -0.2) is 42.0 Å². The van der Waals surface area contributed by atoms with Gasteiger partial charge in [-0.2, -0.15) is 4.31 Å². The van der Waals surface area contributed by atoms with Crippen molar-refractivity contribution in [3.63, 3.8) is 0 Å². The van der Waals surface area contributed by atoms with Gasteiger partial charge < -0.3 is 9.63 Å². The number of carboxylic acid groups (broad SMARTS) is 1. The summed E-state index contributed by atoms with van der Waals surface area (Å²) in [6.07, 6.45) is 0. The molecule has 0 aliphatic heterocycles. The van der Waals surface area contributed by atoms with Gasteiger partial charge in [-0.3, -0.25) is 4.79 Å². The third-order valence-corrected chi connectivity index (χ3v) is 4.19. The zero-order chi connectivity index (χ0) is 13.2. The van der Waals surface area contributed by atoms with E-state index in [4.69, 9.17) is 9.63 Å². The van der Waals surface area contributed by atoms with E-state index in [1.54, 1.807) is 6.92 Å². The van der Waals surface area contributed by atoms with Gasteiger partial charge in [0.25, 0.3) is 0 Å². The number of carboxylic acids is 1. The molecule has 1 aromatic rings. The largest absolute Gasteiger partial charge is 0.480 e. The summed E-state index contributed by atoms with van der Waals surface area (Å²) in [4.78, 5) is 10.7. The maximum absolute atomic E-state index is 11.8. The Labute approximate surface area is 99.1 Å². The van der Waals surface area contributed by atoms with E-state index in [-0.39, 0.29) is 5.76 Å². The molecule has 0 amide bonds. The number of aliphatic carboxylic acids is 1. The number of nitrogens with zero attached hydrogens (tertiary/aromatic N) is 2. The van der Waals surface area contributed by atoms with Crippen LogP contribution in [-0.2, 0) is 20.6 Å². The first-order chi connectivity index (χ1) is 7.74. The van der Waals surface area contributed by atoms with Gasteiger partial charge in [0, 0.05) is 13.1 Å². The van der Waals surface area contributed by atoms with Crippen molar-refractivity contribution in [1.82, 2.24) is 9.46 Å². The summed E-state index contributed by atoms with van der Waals surface area (Å²) in [7, 11) is -2.51. The Bertz CT molecular complexity index is 507. The zero-order valence-electron chi connectivity index (χ0n) is 9.74. The summed E-state index contributed by atoms with van der Waals surface area (Å²) in [6.45, 7) is 2.97. The normalized spacial score (nSPS) is 13.9. The summed E-state index contributed by atoms with van der Waals surface area (Å²) >= 11 is 0. The molecule has 8 heteroatoms. The molecule has 1 unspecified atom stereocenters. The summed E-state index contributed by atoms with van der Waals surface area (Å²) in [5.74, 6) is -1.42. The van der Waals surface area contributed by atoms with E-state index in [0.717, 1.165) is 4.31 Å². The van der Waals surface area contributed by atoms with E-state index in [0.29, 0.717) is 5.69 Å². The predicted octanol–water partition coefficient (Wildman–Crippen LogP) is 0.218. The molecule has 0 spiro atoms.